The van der Waals surface area contributed by atoms with Crippen molar-refractivity contribution >= 4 is 21.6 Å². The molecule has 3 N–H and O–H groups in total. The van der Waals surface area contributed by atoms with Gasteiger partial charge in [-0.3, -0.25) is 4.79 Å². The van der Waals surface area contributed by atoms with E-state index in [9.17, 15) is 13.2 Å². The number of carbonyl (C=O) groups is 1. The molecule has 0 spiro atoms. The van der Waals surface area contributed by atoms with E-state index in [-0.39, 0.29) is 22.4 Å². The predicted octanol–water partition coefficient (Wildman–Crippen LogP) is 1.32. The third-order valence-corrected chi connectivity index (χ3v) is 3.03. The van der Waals surface area contributed by atoms with Crippen molar-refractivity contribution in [3.63, 3.8) is 0 Å². The summed E-state index contributed by atoms with van der Waals surface area (Å²) in [5.41, 5.74) is 0.223. The van der Waals surface area contributed by atoms with E-state index in [0.29, 0.717) is 6.42 Å². The molecule has 0 heterocycles. The van der Waals surface area contributed by atoms with Crippen LogP contribution in [-0.2, 0) is 14.8 Å². The molecule has 6 heteroatoms. The second kappa shape index (κ2) is 5.29. The Morgan fingerprint density at radius 1 is 1.35 bits per heavy atom. The van der Waals surface area contributed by atoms with Crippen LogP contribution in [-0.4, -0.2) is 14.3 Å². The van der Waals surface area contributed by atoms with Crippen LogP contribution in [0.2, 0.25) is 0 Å². The molecular formula is C11H16N2O3S. The Balaban J connectivity index is 2.96. The van der Waals surface area contributed by atoms with Crippen LogP contribution >= 0.6 is 0 Å². The Kier molecular flexibility index (Phi) is 4.25. The highest BCUT2D eigenvalue weighted by molar-refractivity contribution is 7.89. The average molecular weight is 256 g/mol. The summed E-state index contributed by atoms with van der Waals surface area (Å²) in [5.74, 6) is -0.0206. The van der Waals surface area contributed by atoms with Gasteiger partial charge in [-0.15, -0.1) is 0 Å². The molecule has 5 nitrogen and oxygen atoms in total. The maximum absolute atomic E-state index is 11.6. The van der Waals surface area contributed by atoms with Gasteiger partial charge in [-0.25, -0.2) is 13.6 Å². The molecule has 0 aliphatic rings. The monoisotopic (exact) mass is 256 g/mol. The van der Waals surface area contributed by atoms with Crippen molar-refractivity contribution in [2.24, 2.45) is 11.1 Å². The lowest BCUT2D eigenvalue weighted by Gasteiger charge is -2.10. The predicted molar refractivity (Wildman–Crippen MR) is 65.9 cm³/mol. The largest absolute Gasteiger partial charge is 0.325 e. The lowest BCUT2D eigenvalue weighted by atomic mass is 10.1. The van der Waals surface area contributed by atoms with E-state index >= 15 is 0 Å². The molecule has 0 saturated carbocycles. The number of sulfonamides is 1. The molecule has 0 bridgehead atoms. The minimum absolute atomic E-state index is 0.0721. The number of primary sulfonamides is 1. The lowest BCUT2D eigenvalue weighted by molar-refractivity contribution is -0.116. The first-order valence-corrected chi connectivity index (χ1v) is 6.77. The molecule has 1 rings (SSSR count). The lowest BCUT2D eigenvalue weighted by Crippen LogP contribution is -2.19. The molecule has 17 heavy (non-hydrogen) atoms. The number of hydrogen-bond donors (Lipinski definition) is 2. The van der Waals surface area contributed by atoms with Crippen LogP contribution in [0.15, 0.2) is 29.2 Å². The number of hydrogen-bond acceptors (Lipinski definition) is 3. The van der Waals surface area contributed by atoms with Crippen molar-refractivity contribution in [1.82, 2.24) is 0 Å². The van der Waals surface area contributed by atoms with Gasteiger partial charge >= 0.3 is 0 Å². The van der Waals surface area contributed by atoms with E-state index in [1.54, 1.807) is 12.1 Å². The molecule has 1 amide bonds. The molecule has 1 aromatic rings. The van der Waals surface area contributed by atoms with Crippen LogP contribution in [0, 0.1) is 5.92 Å². The van der Waals surface area contributed by atoms with Gasteiger partial charge in [0.25, 0.3) is 0 Å². The quantitative estimate of drug-likeness (QED) is 0.851. The Morgan fingerprint density at radius 3 is 2.47 bits per heavy atom. The minimum atomic E-state index is -3.82. The number of benzene rings is 1. The third-order valence-electron chi connectivity index (χ3n) is 2.06. The second-order valence-corrected chi connectivity index (χ2v) is 5.72. The van der Waals surface area contributed by atoms with Gasteiger partial charge in [0.15, 0.2) is 0 Å². The molecule has 0 radical (unpaired) electrons. The Morgan fingerprint density at radius 2 is 1.94 bits per heavy atom. The van der Waals surface area contributed by atoms with Crippen LogP contribution in [0.4, 0.5) is 5.69 Å². The SMILES string of the molecule is CC(C)CC(=O)Nc1ccccc1S(N)(=O)=O. The van der Waals surface area contributed by atoms with Gasteiger partial charge in [0.05, 0.1) is 5.69 Å². The number of para-hydroxylation sites is 1. The number of nitrogens with one attached hydrogen (secondary N) is 1. The number of anilines is 1. The van der Waals surface area contributed by atoms with Gasteiger partial charge in [-0.1, -0.05) is 26.0 Å². The minimum Gasteiger partial charge on any atom is -0.325 e. The zero-order valence-corrected chi connectivity index (χ0v) is 10.6. The smallest absolute Gasteiger partial charge is 0.240 e. The first-order chi connectivity index (χ1) is 7.80. The van der Waals surface area contributed by atoms with Crippen molar-refractivity contribution in [3.05, 3.63) is 24.3 Å². The standard InChI is InChI=1S/C11H16N2O3S/c1-8(2)7-11(14)13-9-5-3-4-6-10(9)17(12,15)16/h3-6,8H,7H2,1-2H3,(H,13,14)(H2,12,15,16). The van der Waals surface area contributed by atoms with Gasteiger partial charge in [-0.05, 0) is 18.1 Å². The number of carbonyl (C=O) groups excluding carboxylic acids is 1. The molecule has 0 unspecified atom stereocenters. The number of nitrogens with two attached hydrogens (primary N) is 1. The fourth-order valence-electron chi connectivity index (χ4n) is 1.39. The molecule has 1 aromatic carbocycles. The van der Waals surface area contributed by atoms with E-state index in [2.05, 4.69) is 5.32 Å². The van der Waals surface area contributed by atoms with E-state index < -0.39 is 10.0 Å². The van der Waals surface area contributed by atoms with Gasteiger partial charge in [0, 0.05) is 6.42 Å². The van der Waals surface area contributed by atoms with Gasteiger partial charge in [-0.2, -0.15) is 0 Å². The number of amides is 1. The Bertz CT molecular complexity index is 509. The summed E-state index contributed by atoms with van der Waals surface area (Å²) in [6.45, 7) is 3.82. The fourth-order valence-corrected chi connectivity index (χ4v) is 2.08. The Labute approximate surface area is 101 Å². The van der Waals surface area contributed by atoms with Gasteiger partial charge in [0.1, 0.15) is 4.90 Å². The normalized spacial score (nSPS) is 11.5. The molecule has 94 valence electrons. The summed E-state index contributed by atoms with van der Waals surface area (Å²) in [6.07, 6.45) is 0.332. The molecule has 0 aliphatic carbocycles. The fraction of sp³-hybridized carbons (Fsp3) is 0.364. The van der Waals surface area contributed by atoms with E-state index in [1.165, 1.54) is 12.1 Å². The zero-order chi connectivity index (χ0) is 13.1. The average Bonchev–Trinajstić information content (AvgIpc) is 2.15. The van der Waals surface area contributed by atoms with Crippen LogP contribution in [0.1, 0.15) is 20.3 Å². The molecule has 0 atom stereocenters. The number of rotatable bonds is 4. The summed E-state index contributed by atoms with van der Waals surface area (Å²) in [4.78, 5) is 11.5. The summed E-state index contributed by atoms with van der Waals surface area (Å²) < 4.78 is 22.6. The topological polar surface area (TPSA) is 89.3 Å². The molecular weight excluding hydrogens is 240 g/mol. The van der Waals surface area contributed by atoms with Crippen LogP contribution in [0.3, 0.4) is 0 Å². The first-order valence-electron chi connectivity index (χ1n) is 5.22. The summed E-state index contributed by atoms with van der Waals surface area (Å²) >= 11 is 0. The van der Waals surface area contributed by atoms with Crippen LogP contribution in [0.25, 0.3) is 0 Å². The molecule has 0 aliphatic heterocycles. The van der Waals surface area contributed by atoms with Crippen LogP contribution < -0.4 is 10.5 Å². The van der Waals surface area contributed by atoms with Crippen molar-refractivity contribution in [2.45, 2.75) is 25.2 Å². The van der Waals surface area contributed by atoms with Crippen molar-refractivity contribution in [2.75, 3.05) is 5.32 Å². The summed E-state index contributed by atoms with van der Waals surface area (Å²) in [6, 6.07) is 6.07. The van der Waals surface area contributed by atoms with Crippen molar-refractivity contribution in [3.8, 4) is 0 Å². The molecule has 0 saturated heterocycles. The molecule has 0 fully saturated rings. The van der Waals surface area contributed by atoms with Crippen molar-refractivity contribution < 1.29 is 13.2 Å². The highest BCUT2D eigenvalue weighted by atomic mass is 32.2. The van der Waals surface area contributed by atoms with Gasteiger partial charge < -0.3 is 5.32 Å². The first kappa shape index (κ1) is 13.7. The zero-order valence-electron chi connectivity index (χ0n) is 9.80. The van der Waals surface area contributed by atoms with Crippen molar-refractivity contribution in [1.29, 1.82) is 0 Å². The maximum Gasteiger partial charge on any atom is 0.240 e. The maximum atomic E-state index is 11.6. The summed E-state index contributed by atoms with van der Waals surface area (Å²) in [5, 5.41) is 7.61. The van der Waals surface area contributed by atoms with E-state index in [0.717, 1.165) is 0 Å². The third kappa shape index (κ3) is 4.16. The van der Waals surface area contributed by atoms with Gasteiger partial charge in [0.2, 0.25) is 15.9 Å². The highest BCUT2D eigenvalue weighted by Crippen LogP contribution is 2.19. The van der Waals surface area contributed by atoms with Crippen LogP contribution in [0.5, 0.6) is 0 Å². The van der Waals surface area contributed by atoms with E-state index in [1.807, 2.05) is 13.8 Å². The Hall–Kier alpha value is -1.40. The van der Waals surface area contributed by atoms with E-state index in [4.69, 9.17) is 5.14 Å². The molecule has 0 aromatic heterocycles. The second-order valence-electron chi connectivity index (χ2n) is 4.19. The summed E-state index contributed by atoms with van der Waals surface area (Å²) in [7, 11) is -3.82. The highest BCUT2D eigenvalue weighted by Gasteiger charge is 2.15.